The molecule has 0 spiro atoms. The van der Waals surface area contributed by atoms with E-state index in [-0.39, 0.29) is 12.4 Å². The summed E-state index contributed by atoms with van der Waals surface area (Å²) in [5, 5.41) is 3.31. The molecule has 1 aliphatic heterocycles. The van der Waals surface area contributed by atoms with Crippen molar-refractivity contribution in [1.29, 1.82) is 0 Å². The molecule has 1 fully saturated rings. The number of carbonyl (C=O) groups excluding carboxylic acids is 1. The van der Waals surface area contributed by atoms with E-state index >= 15 is 0 Å². The van der Waals surface area contributed by atoms with Crippen molar-refractivity contribution in [2.24, 2.45) is 5.73 Å². The zero-order valence-electron chi connectivity index (χ0n) is 10.3. The summed E-state index contributed by atoms with van der Waals surface area (Å²) in [5.74, 6) is 0.716. The van der Waals surface area contributed by atoms with E-state index in [2.05, 4.69) is 20.3 Å². The maximum atomic E-state index is 11.3. The number of nitrogens with zero attached hydrogens (tertiary/aromatic N) is 2. The van der Waals surface area contributed by atoms with Crippen LogP contribution in [0.4, 0.5) is 0 Å². The predicted octanol–water partition coefficient (Wildman–Crippen LogP) is 0.946. The van der Waals surface area contributed by atoms with Crippen molar-refractivity contribution < 1.29 is 4.79 Å². The largest absolute Gasteiger partial charge is 0.365 e. The first-order chi connectivity index (χ1) is 8.75. The Morgan fingerprint density at radius 2 is 2.11 bits per heavy atom. The Bertz CT molecular complexity index is 591. The van der Waals surface area contributed by atoms with Gasteiger partial charge < -0.3 is 16.0 Å². The van der Waals surface area contributed by atoms with E-state index in [1.807, 2.05) is 0 Å². The predicted molar refractivity (Wildman–Crippen MR) is 74.5 cm³/mol. The molecule has 0 radical (unpaired) electrons. The van der Waals surface area contributed by atoms with Gasteiger partial charge in [-0.3, -0.25) is 4.79 Å². The van der Waals surface area contributed by atoms with Gasteiger partial charge in [-0.25, -0.2) is 9.97 Å². The molecule has 6 nitrogen and oxygen atoms in total. The second kappa shape index (κ2) is 5.54. The van der Waals surface area contributed by atoms with E-state index in [4.69, 9.17) is 5.73 Å². The second-order valence-corrected chi connectivity index (χ2v) is 4.58. The van der Waals surface area contributed by atoms with Crippen LogP contribution < -0.4 is 11.1 Å². The Balaban J connectivity index is 0.00000133. The van der Waals surface area contributed by atoms with Crippen LogP contribution in [0.2, 0.25) is 0 Å². The summed E-state index contributed by atoms with van der Waals surface area (Å²) in [6, 6.07) is 0. The fourth-order valence-electron chi connectivity index (χ4n) is 2.39. The maximum Gasteiger partial charge on any atom is 0.252 e. The molecule has 7 heteroatoms. The van der Waals surface area contributed by atoms with Gasteiger partial charge in [0, 0.05) is 12.1 Å². The summed E-state index contributed by atoms with van der Waals surface area (Å²) in [5.41, 5.74) is 7.14. The van der Waals surface area contributed by atoms with Gasteiger partial charge >= 0.3 is 0 Å². The Morgan fingerprint density at radius 1 is 1.37 bits per heavy atom. The standard InChI is InChI=1S/C12H15N5O.ClH/c13-11(18)8-5-15-9-6-16-12(17-10(8)9)7-1-3-14-4-2-7;/h5-7,14-15H,1-4H2,(H2,13,18);1H. The zero-order valence-corrected chi connectivity index (χ0v) is 11.2. The smallest absolute Gasteiger partial charge is 0.252 e. The fourth-order valence-corrected chi connectivity index (χ4v) is 2.39. The molecule has 1 amide bonds. The number of fused-ring (bicyclic) bond motifs is 1. The topological polar surface area (TPSA) is 96.7 Å². The number of H-pyrrole nitrogens is 1. The number of rotatable bonds is 2. The van der Waals surface area contributed by atoms with Crippen molar-refractivity contribution in [3.63, 3.8) is 0 Å². The van der Waals surface area contributed by atoms with Crippen LogP contribution in [0.15, 0.2) is 12.4 Å². The number of aromatic amines is 1. The molecule has 3 rings (SSSR count). The number of primary amides is 1. The lowest BCUT2D eigenvalue weighted by atomic mass is 9.97. The average Bonchev–Trinajstić information content (AvgIpc) is 2.82. The molecule has 2 aromatic heterocycles. The van der Waals surface area contributed by atoms with E-state index < -0.39 is 5.91 Å². The maximum absolute atomic E-state index is 11.3. The van der Waals surface area contributed by atoms with Gasteiger partial charge in [-0.15, -0.1) is 12.4 Å². The van der Waals surface area contributed by atoms with Crippen molar-refractivity contribution >= 4 is 29.3 Å². The quantitative estimate of drug-likeness (QED) is 0.763. The number of piperidine rings is 1. The van der Waals surface area contributed by atoms with Crippen LogP contribution in [-0.4, -0.2) is 33.9 Å². The van der Waals surface area contributed by atoms with Crippen LogP contribution in [0, 0.1) is 0 Å². The Hall–Kier alpha value is -1.66. The number of nitrogens with two attached hydrogens (primary N) is 1. The molecule has 3 heterocycles. The minimum atomic E-state index is -0.462. The van der Waals surface area contributed by atoms with E-state index in [1.165, 1.54) is 0 Å². The van der Waals surface area contributed by atoms with Gasteiger partial charge in [0.15, 0.2) is 0 Å². The molecule has 0 saturated carbocycles. The number of carbonyl (C=O) groups is 1. The van der Waals surface area contributed by atoms with E-state index in [9.17, 15) is 4.79 Å². The molecule has 2 aromatic rings. The molecule has 0 aromatic carbocycles. The number of aromatic nitrogens is 3. The highest BCUT2D eigenvalue weighted by Gasteiger charge is 2.19. The van der Waals surface area contributed by atoms with Crippen molar-refractivity contribution in [2.75, 3.05) is 13.1 Å². The summed E-state index contributed by atoms with van der Waals surface area (Å²) < 4.78 is 0. The lowest BCUT2D eigenvalue weighted by Crippen LogP contribution is -2.27. The first-order valence-electron chi connectivity index (χ1n) is 6.10. The molecule has 0 aliphatic carbocycles. The molecular formula is C12H16ClN5O. The van der Waals surface area contributed by atoms with Crippen LogP contribution in [0.5, 0.6) is 0 Å². The van der Waals surface area contributed by atoms with Crippen LogP contribution >= 0.6 is 12.4 Å². The van der Waals surface area contributed by atoms with Gasteiger partial charge in [0.2, 0.25) is 0 Å². The molecule has 0 atom stereocenters. The fraction of sp³-hybridized carbons (Fsp3) is 0.417. The number of halogens is 1. The van der Waals surface area contributed by atoms with Crippen molar-refractivity contribution in [1.82, 2.24) is 20.3 Å². The third-order valence-electron chi connectivity index (χ3n) is 3.40. The average molecular weight is 282 g/mol. The highest BCUT2D eigenvalue weighted by atomic mass is 35.5. The third-order valence-corrected chi connectivity index (χ3v) is 3.40. The minimum Gasteiger partial charge on any atom is -0.365 e. The van der Waals surface area contributed by atoms with Gasteiger partial charge in [-0.1, -0.05) is 0 Å². The summed E-state index contributed by atoms with van der Waals surface area (Å²) in [6.07, 6.45) is 5.38. The number of nitrogens with one attached hydrogen (secondary N) is 2. The SMILES string of the molecule is Cl.NC(=O)c1c[nH]c2cnc(C3CCNCC3)nc12. The molecule has 4 N–H and O–H groups in total. The molecule has 102 valence electrons. The van der Waals surface area contributed by atoms with Crippen molar-refractivity contribution in [3.05, 3.63) is 23.8 Å². The number of amides is 1. The highest BCUT2D eigenvalue weighted by molar-refractivity contribution is 6.04. The summed E-state index contributed by atoms with van der Waals surface area (Å²) >= 11 is 0. The molecular weight excluding hydrogens is 266 g/mol. The zero-order chi connectivity index (χ0) is 12.5. The van der Waals surface area contributed by atoms with Gasteiger partial charge in [0.1, 0.15) is 11.3 Å². The molecule has 0 bridgehead atoms. The lowest BCUT2D eigenvalue weighted by Gasteiger charge is -2.21. The second-order valence-electron chi connectivity index (χ2n) is 4.58. The molecule has 19 heavy (non-hydrogen) atoms. The Morgan fingerprint density at radius 3 is 2.79 bits per heavy atom. The van der Waals surface area contributed by atoms with Gasteiger partial charge in [-0.2, -0.15) is 0 Å². The molecule has 1 saturated heterocycles. The normalized spacial score (nSPS) is 16.2. The van der Waals surface area contributed by atoms with Gasteiger partial charge in [0.05, 0.1) is 17.3 Å². The molecule has 0 unspecified atom stereocenters. The summed E-state index contributed by atoms with van der Waals surface area (Å²) in [7, 11) is 0. The summed E-state index contributed by atoms with van der Waals surface area (Å²) in [6.45, 7) is 1.98. The van der Waals surface area contributed by atoms with Gasteiger partial charge in [0.25, 0.3) is 5.91 Å². The first-order valence-corrected chi connectivity index (χ1v) is 6.10. The number of hydrogen-bond acceptors (Lipinski definition) is 4. The molecule has 1 aliphatic rings. The van der Waals surface area contributed by atoms with Gasteiger partial charge in [-0.05, 0) is 25.9 Å². The minimum absolute atomic E-state index is 0. The monoisotopic (exact) mass is 281 g/mol. The van der Waals surface area contributed by atoms with Crippen LogP contribution in [0.25, 0.3) is 11.0 Å². The van der Waals surface area contributed by atoms with Crippen molar-refractivity contribution in [2.45, 2.75) is 18.8 Å². The highest BCUT2D eigenvalue weighted by Crippen LogP contribution is 2.24. The van der Waals surface area contributed by atoms with Crippen LogP contribution in [0.1, 0.15) is 34.9 Å². The van der Waals surface area contributed by atoms with E-state index in [0.717, 1.165) is 37.3 Å². The van der Waals surface area contributed by atoms with Crippen molar-refractivity contribution in [3.8, 4) is 0 Å². The third kappa shape index (κ3) is 2.54. The van der Waals surface area contributed by atoms with E-state index in [0.29, 0.717) is 17.0 Å². The number of hydrogen-bond donors (Lipinski definition) is 3. The van der Waals surface area contributed by atoms with Crippen LogP contribution in [0.3, 0.4) is 0 Å². The van der Waals surface area contributed by atoms with E-state index in [1.54, 1.807) is 12.4 Å². The summed E-state index contributed by atoms with van der Waals surface area (Å²) in [4.78, 5) is 23.1. The lowest BCUT2D eigenvalue weighted by molar-refractivity contribution is 0.100. The Kier molecular flexibility index (Phi) is 4.01. The van der Waals surface area contributed by atoms with Crippen LogP contribution in [-0.2, 0) is 0 Å². The first kappa shape index (κ1) is 13.8. The Labute approximate surface area is 116 Å².